The third-order valence-electron chi connectivity index (χ3n) is 3.24. The van der Waals surface area contributed by atoms with Gasteiger partial charge in [-0.25, -0.2) is 0 Å². The molecule has 3 rings (SSSR count). The predicted octanol–water partition coefficient (Wildman–Crippen LogP) is 4.09. The lowest BCUT2D eigenvalue weighted by Crippen LogP contribution is -2.07. The second-order valence-corrected chi connectivity index (χ2v) is 4.25. The van der Waals surface area contributed by atoms with Crippen molar-refractivity contribution < 1.29 is 4.74 Å². The number of para-hydroxylation sites is 1. The van der Waals surface area contributed by atoms with Crippen LogP contribution in [0.3, 0.4) is 0 Å². The number of hydrogen-bond donors (Lipinski definition) is 0. The van der Waals surface area contributed by atoms with Crippen molar-refractivity contribution in [2.75, 3.05) is 0 Å². The average Bonchev–Trinajstić information content (AvgIpc) is 2.78. The van der Waals surface area contributed by atoms with Crippen LogP contribution in [0.5, 0.6) is 5.75 Å². The van der Waals surface area contributed by atoms with Crippen LogP contribution in [0, 0.1) is 0 Å². The number of fused-ring (bicyclic) bond motifs is 1. The van der Waals surface area contributed by atoms with Crippen molar-refractivity contribution in [2.45, 2.75) is 12.0 Å². The molecule has 2 aromatic rings. The molecule has 0 spiro atoms. The minimum absolute atomic E-state index is 0.0612. The van der Waals surface area contributed by atoms with Gasteiger partial charge in [-0.15, -0.1) is 6.58 Å². The van der Waals surface area contributed by atoms with Gasteiger partial charge in [-0.3, -0.25) is 0 Å². The van der Waals surface area contributed by atoms with Crippen LogP contribution in [0.4, 0.5) is 0 Å². The Balaban J connectivity index is 2.03. The van der Waals surface area contributed by atoms with Gasteiger partial charge in [0.15, 0.2) is 0 Å². The Morgan fingerprint density at radius 2 is 1.65 bits per heavy atom. The number of ether oxygens (including phenoxy) is 1. The second-order valence-electron chi connectivity index (χ2n) is 4.25. The Morgan fingerprint density at radius 3 is 2.41 bits per heavy atom. The fourth-order valence-electron chi connectivity index (χ4n) is 2.41. The van der Waals surface area contributed by atoms with Crippen molar-refractivity contribution in [1.29, 1.82) is 0 Å². The lowest BCUT2D eigenvalue weighted by Gasteiger charge is -2.16. The van der Waals surface area contributed by atoms with Gasteiger partial charge in [0.2, 0.25) is 0 Å². The quantitative estimate of drug-likeness (QED) is 0.695. The molecular formula is C16H14O. The maximum Gasteiger partial charge on any atom is 0.134 e. The van der Waals surface area contributed by atoms with Crippen LogP contribution in [-0.4, -0.2) is 0 Å². The van der Waals surface area contributed by atoms with E-state index in [4.69, 9.17) is 4.74 Å². The highest BCUT2D eigenvalue weighted by atomic mass is 16.5. The maximum absolute atomic E-state index is 6.03. The van der Waals surface area contributed by atoms with E-state index in [9.17, 15) is 0 Å². The molecule has 0 saturated heterocycles. The zero-order chi connectivity index (χ0) is 11.7. The van der Waals surface area contributed by atoms with Crippen LogP contribution in [0.1, 0.15) is 23.1 Å². The molecule has 1 heteroatoms. The summed E-state index contributed by atoms with van der Waals surface area (Å²) in [6, 6.07) is 18.5. The van der Waals surface area contributed by atoms with E-state index in [0.29, 0.717) is 0 Å². The highest BCUT2D eigenvalue weighted by molar-refractivity contribution is 5.45. The lowest BCUT2D eigenvalue weighted by atomic mass is 9.91. The van der Waals surface area contributed by atoms with Crippen molar-refractivity contribution >= 4 is 0 Å². The van der Waals surface area contributed by atoms with E-state index >= 15 is 0 Å². The van der Waals surface area contributed by atoms with E-state index in [0.717, 1.165) is 5.75 Å². The second kappa shape index (κ2) is 4.10. The van der Waals surface area contributed by atoms with Gasteiger partial charge in [-0.1, -0.05) is 54.6 Å². The standard InChI is InChI=1S/C16H14O/c1-2-13-14-10-6-7-11-15(14)17-16(13)12-8-4-3-5-9-12/h2-11,13,16H,1H2/t13-,16+/m0/s1. The zero-order valence-corrected chi connectivity index (χ0v) is 9.54. The highest BCUT2D eigenvalue weighted by Crippen LogP contribution is 2.46. The van der Waals surface area contributed by atoms with Crippen LogP contribution in [0.2, 0.25) is 0 Å². The monoisotopic (exact) mass is 222 g/mol. The van der Waals surface area contributed by atoms with Gasteiger partial charge < -0.3 is 4.74 Å². The minimum atomic E-state index is 0.0612. The summed E-state index contributed by atoms with van der Waals surface area (Å²) in [4.78, 5) is 0. The summed E-state index contributed by atoms with van der Waals surface area (Å²) in [5, 5.41) is 0. The van der Waals surface area contributed by atoms with Crippen LogP contribution in [0.25, 0.3) is 0 Å². The molecule has 0 N–H and O–H groups in total. The van der Waals surface area contributed by atoms with Gasteiger partial charge in [0.05, 0.1) is 0 Å². The molecule has 2 atom stereocenters. The molecule has 0 saturated carbocycles. The van der Waals surface area contributed by atoms with Crippen molar-refractivity contribution in [3.05, 3.63) is 78.4 Å². The van der Waals surface area contributed by atoms with Crippen molar-refractivity contribution in [3.8, 4) is 5.75 Å². The first kappa shape index (κ1) is 10.2. The Hall–Kier alpha value is -2.02. The first-order valence-corrected chi connectivity index (χ1v) is 5.83. The van der Waals surface area contributed by atoms with Crippen LogP contribution in [0.15, 0.2) is 67.3 Å². The molecule has 0 amide bonds. The third kappa shape index (κ3) is 1.64. The molecule has 1 aliphatic rings. The summed E-state index contributed by atoms with van der Waals surface area (Å²) in [5.74, 6) is 1.22. The summed E-state index contributed by atoms with van der Waals surface area (Å²) in [5.41, 5.74) is 2.44. The van der Waals surface area contributed by atoms with Gasteiger partial charge >= 0.3 is 0 Å². The van der Waals surface area contributed by atoms with Gasteiger partial charge in [0.25, 0.3) is 0 Å². The number of hydrogen-bond acceptors (Lipinski definition) is 1. The zero-order valence-electron chi connectivity index (χ0n) is 9.54. The lowest BCUT2D eigenvalue weighted by molar-refractivity contribution is 0.225. The van der Waals surface area contributed by atoms with Gasteiger partial charge in [-0.2, -0.15) is 0 Å². The molecule has 0 aliphatic carbocycles. The molecule has 0 fully saturated rings. The molecule has 1 nitrogen and oxygen atoms in total. The Labute approximate surface area is 101 Å². The topological polar surface area (TPSA) is 9.23 Å². The Kier molecular flexibility index (Phi) is 2.45. The SMILES string of the molecule is C=C[C@H]1c2ccccc2O[C@@H]1c1ccccc1. The fraction of sp³-hybridized carbons (Fsp3) is 0.125. The summed E-state index contributed by atoms with van der Waals surface area (Å²) in [7, 11) is 0. The normalized spacial score (nSPS) is 21.6. The van der Waals surface area contributed by atoms with Gasteiger partial charge in [0, 0.05) is 11.5 Å². The van der Waals surface area contributed by atoms with E-state index in [1.807, 2.05) is 42.5 Å². The summed E-state index contributed by atoms with van der Waals surface area (Å²) >= 11 is 0. The van der Waals surface area contributed by atoms with Gasteiger partial charge in [-0.05, 0) is 11.6 Å². The smallest absolute Gasteiger partial charge is 0.134 e. The minimum Gasteiger partial charge on any atom is -0.484 e. The molecule has 0 radical (unpaired) electrons. The molecule has 0 aromatic heterocycles. The van der Waals surface area contributed by atoms with Crippen molar-refractivity contribution in [2.24, 2.45) is 0 Å². The largest absolute Gasteiger partial charge is 0.484 e. The van der Waals surface area contributed by atoms with Crippen molar-refractivity contribution in [3.63, 3.8) is 0 Å². The summed E-state index contributed by atoms with van der Waals surface area (Å²) in [6.07, 6.45) is 2.04. The highest BCUT2D eigenvalue weighted by Gasteiger charge is 2.32. The van der Waals surface area contributed by atoms with E-state index in [1.54, 1.807) is 0 Å². The molecule has 1 aliphatic heterocycles. The summed E-state index contributed by atoms with van der Waals surface area (Å²) in [6.45, 7) is 3.94. The van der Waals surface area contributed by atoms with E-state index in [1.165, 1.54) is 11.1 Å². The maximum atomic E-state index is 6.03. The molecule has 0 unspecified atom stereocenters. The van der Waals surface area contributed by atoms with Gasteiger partial charge in [0.1, 0.15) is 11.9 Å². The van der Waals surface area contributed by atoms with Crippen LogP contribution >= 0.6 is 0 Å². The van der Waals surface area contributed by atoms with E-state index in [-0.39, 0.29) is 12.0 Å². The summed E-state index contributed by atoms with van der Waals surface area (Å²) < 4.78 is 6.03. The van der Waals surface area contributed by atoms with Crippen molar-refractivity contribution in [1.82, 2.24) is 0 Å². The predicted molar refractivity (Wildman–Crippen MR) is 69.2 cm³/mol. The first-order valence-electron chi connectivity index (χ1n) is 5.83. The number of benzene rings is 2. The van der Waals surface area contributed by atoms with Crippen LogP contribution < -0.4 is 4.74 Å². The van der Waals surface area contributed by atoms with E-state index < -0.39 is 0 Å². The third-order valence-corrected chi connectivity index (χ3v) is 3.24. The molecule has 84 valence electrons. The first-order chi connectivity index (χ1) is 8.40. The molecule has 17 heavy (non-hydrogen) atoms. The molecule has 0 bridgehead atoms. The number of rotatable bonds is 2. The van der Waals surface area contributed by atoms with E-state index in [2.05, 4.69) is 24.8 Å². The van der Waals surface area contributed by atoms with Crippen LogP contribution in [-0.2, 0) is 0 Å². The molecular weight excluding hydrogens is 208 g/mol. The molecule has 1 heterocycles. The Bertz CT molecular complexity index is 530. The fourth-order valence-corrected chi connectivity index (χ4v) is 2.41. The average molecular weight is 222 g/mol. The molecule has 2 aromatic carbocycles. The Morgan fingerprint density at radius 1 is 0.941 bits per heavy atom.